The number of fused-ring (bicyclic) bond motifs is 1. The third-order valence-electron chi connectivity index (χ3n) is 7.82. The first-order valence-electron chi connectivity index (χ1n) is 14.6. The first kappa shape index (κ1) is 33.3. The summed E-state index contributed by atoms with van der Waals surface area (Å²) in [5, 5.41) is 0.598. The van der Waals surface area contributed by atoms with Crippen LogP contribution in [0.15, 0.2) is 71.5 Å². The number of methoxy groups -OCH3 is 7. The molecule has 5 rings (SSSR count). The lowest BCUT2D eigenvalue weighted by molar-refractivity contribution is 0.0591. The number of carbonyl (C=O) groups is 1. The average Bonchev–Trinajstić information content (AvgIpc) is 3.12. The number of nitrogen functional groups attached to an aromatic ring is 1. The van der Waals surface area contributed by atoms with Crippen LogP contribution >= 0.6 is 0 Å². The van der Waals surface area contributed by atoms with E-state index in [0.29, 0.717) is 67.9 Å². The summed E-state index contributed by atoms with van der Waals surface area (Å²) in [5.41, 5.74) is 7.78. The molecule has 1 heterocycles. The lowest BCUT2D eigenvalue weighted by atomic mass is 9.95. The van der Waals surface area contributed by atoms with E-state index in [2.05, 4.69) is 0 Å². The summed E-state index contributed by atoms with van der Waals surface area (Å²) in [4.78, 5) is 28.2. The van der Waals surface area contributed by atoms with Gasteiger partial charge in [0.15, 0.2) is 23.0 Å². The van der Waals surface area contributed by atoms with E-state index in [1.807, 2.05) is 0 Å². The van der Waals surface area contributed by atoms with Crippen molar-refractivity contribution in [3.05, 3.63) is 88.3 Å². The first-order chi connectivity index (χ1) is 23.2. The van der Waals surface area contributed by atoms with Gasteiger partial charge in [-0.05, 0) is 72.3 Å². The smallest absolute Gasteiger partial charge is 0.355 e. The Morgan fingerprint density at radius 2 is 1.29 bits per heavy atom. The van der Waals surface area contributed by atoms with E-state index in [1.165, 1.54) is 40.1 Å². The Morgan fingerprint density at radius 3 is 1.85 bits per heavy atom. The molecule has 0 aliphatic carbocycles. The lowest BCUT2D eigenvalue weighted by Gasteiger charge is -2.22. The van der Waals surface area contributed by atoms with Gasteiger partial charge >= 0.3 is 5.97 Å². The van der Waals surface area contributed by atoms with Crippen molar-refractivity contribution in [3.8, 4) is 57.1 Å². The minimum atomic E-state index is -0.765. The fourth-order valence-corrected chi connectivity index (χ4v) is 5.51. The van der Waals surface area contributed by atoms with Crippen LogP contribution in [-0.2, 0) is 11.3 Å². The number of aromatic nitrogens is 1. The van der Waals surface area contributed by atoms with E-state index in [9.17, 15) is 9.59 Å². The molecule has 0 radical (unpaired) electrons. The van der Waals surface area contributed by atoms with Crippen LogP contribution in [0, 0.1) is 0 Å². The van der Waals surface area contributed by atoms with Gasteiger partial charge in [0.1, 0.15) is 23.8 Å². The number of anilines is 1. The maximum atomic E-state index is 14.5. The molecule has 0 fully saturated rings. The Hall–Kier alpha value is -6.04. The van der Waals surface area contributed by atoms with Crippen molar-refractivity contribution >= 4 is 22.4 Å². The number of ether oxygens (including phenoxy) is 8. The average molecular weight is 657 g/mol. The third-order valence-corrected chi connectivity index (χ3v) is 7.82. The third kappa shape index (κ3) is 6.07. The molecule has 0 saturated carbocycles. The van der Waals surface area contributed by atoms with Crippen LogP contribution in [0.1, 0.15) is 16.1 Å². The minimum Gasteiger partial charge on any atom is -0.497 e. The van der Waals surface area contributed by atoms with Gasteiger partial charge in [-0.1, -0.05) is 0 Å². The van der Waals surface area contributed by atoms with Crippen LogP contribution in [0.25, 0.3) is 27.6 Å². The van der Waals surface area contributed by atoms with Crippen LogP contribution in [-0.4, -0.2) is 60.3 Å². The summed E-state index contributed by atoms with van der Waals surface area (Å²) in [5.74, 6) is 2.04. The highest BCUT2D eigenvalue weighted by molar-refractivity contribution is 6.08. The molecule has 12 nitrogen and oxygen atoms in total. The molecule has 0 saturated heterocycles. The summed E-state index contributed by atoms with van der Waals surface area (Å²) in [6, 6.07) is 18.5. The second-order valence-electron chi connectivity index (χ2n) is 10.4. The van der Waals surface area contributed by atoms with E-state index in [-0.39, 0.29) is 23.4 Å². The van der Waals surface area contributed by atoms with Crippen molar-refractivity contribution in [2.45, 2.75) is 6.61 Å². The summed E-state index contributed by atoms with van der Waals surface area (Å²) in [6.07, 6.45) is 0. The van der Waals surface area contributed by atoms with Crippen LogP contribution in [0.2, 0.25) is 0 Å². The molecule has 0 bridgehead atoms. The van der Waals surface area contributed by atoms with Gasteiger partial charge in [-0.3, -0.25) is 9.36 Å². The van der Waals surface area contributed by atoms with Crippen molar-refractivity contribution in [1.29, 1.82) is 0 Å². The van der Waals surface area contributed by atoms with Gasteiger partial charge in [-0.25, -0.2) is 4.79 Å². The fourth-order valence-electron chi connectivity index (χ4n) is 5.51. The molecule has 0 amide bonds. The van der Waals surface area contributed by atoms with Gasteiger partial charge in [-0.15, -0.1) is 0 Å². The Labute approximate surface area is 277 Å². The van der Waals surface area contributed by atoms with E-state index < -0.39 is 11.5 Å². The molecular weight excluding hydrogens is 620 g/mol. The second-order valence-corrected chi connectivity index (χ2v) is 10.4. The van der Waals surface area contributed by atoms with E-state index in [4.69, 9.17) is 43.6 Å². The molecule has 4 aromatic carbocycles. The number of esters is 1. The molecule has 0 aliphatic heterocycles. The van der Waals surface area contributed by atoms with Gasteiger partial charge in [0.25, 0.3) is 5.56 Å². The van der Waals surface area contributed by atoms with Gasteiger partial charge in [0, 0.05) is 27.9 Å². The Balaban J connectivity index is 1.87. The number of hydrogen-bond acceptors (Lipinski definition) is 11. The molecular formula is C36H36N2O10. The first-order valence-corrected chi connectivity index (χ1v) is 14.6. The largest absolute Gasteiger partial charge is 0.497 e. The predicted molar refractivity (Wildman–Crippen MR) is 181 cm³/mol. The molecule has 0 aliphatic rings. The summed E-state index contributed by atoms with van der Waals surface area (Å²) in [7, 11) is 10.3. The Morgan fingerprint density at radius 1 is 0.667 bits per heavy atom. The van der Waals surface area contributed by atoms with Crippen LogP contribution in [0.3, 0.4) is 0 Å². The van der Waals surface area contributed by atoms with Crippen LogP contribution in [0.4, 0.5) is 5.69 Å². The normalized spacial score (nSPS) is 10.7. The van der Waals surface area contributed by atoms with Gasteiger partial charge in [0.05, 0.1) is 55.2 Å². The number of benzene rings is 4. The van der Waals surface area contributed by atoms with Gasteiger partial charge < -0.3 is 43.6 Å². The van der Waals surface area contributed by atoms with E-state index in [1.54, 1.807) is 80.9 Å². The van der Waals surface area contributed by atoms with Crippen LogP contribution in [0.5, 0.6) is 40.2 Å². The summed E-state index contributed by atoms with van der Waals surface area (Å²) < 4.78 is 46.3. The molecule has 2 N–H and O–H groups in total. The highest BCUT2D eigenvalue weighted by Gasteiger charge is 2.28. The van der Waals surface area contributed by atoms with E-state index >= 15 is 0 Å². The van der Waals surface area contributed by atoms with Gasteiger partial charge in [-0.2, -0.15) is 0 Å². The molecule has 0 spiro atoms. The second kappa shape index (κ2) is 14.2. The lowest BCUT2D eigenvalue weighted by Crippen LogP contribution is -2.27. The molecule has 0 unspecified atom stereocenters. The molecule has 250 valence electrons. The zero-order valence-electron chi connectivity index (χ0n) is 27.7. The highest BCUT2D eigenvalue weighted by atomic mass is 16.5. The van der Waals surface area contributed by atoms with Crippen molar-refractivity contribution in [2.24, 2.45) is 0 Å². The van der Waals surface area contributed by atoms with Gasteiger partial charge in [0.2, 0.25) is 5.75 Å². The minimum absolute atomic E-state index is 0.0501. The topological polar surface area (TPSA) is 139 Å². The summed E-state index contributed by atoms with van der Waals surface area (Å²) in [6.45, 7) is 0.0639. The van der Waals surface area contributed by atoms with Crippen molar-refractivity contribution in [3.63, 3.8) is 0 Å². The highest BCUT2D eigenvalue weighted by Crippen LogP contribution is 2.45. The molecule has 1 aromatic heterocycles. The number of nitrogens with zero attached hydrogens (tertiary/aromatic N) is 1. The molecule has 12 heteroatoms. The quantitative estimate of drug-likeness (QED) is 0.132. The number of nitrogens with two attached hydrogens (primary N) is 1. The number of hydrogen-bond donors (Lipinski definition) is 1. The Kier molecular flexibility index (Phi) is 9.83. The number of rotatable bonds is 12. The standard InChI is InChI=1S/C36H36N2O10/c1-41-24-12-13-27(42-2)21(14-24)19-48-29-18-26-25(17-28(29)43-3)32(20-15-30(44-4)34(46-6)31(16-20)45-5)33(36(40)47-7)38(35(26)39)23-10-8-22(37)9-11-23/h8-18H,19,37H2,1-7H3. The van der Waals surface area contributed by atoms with Crippen molar-refractivity contribution in [2.75, 3.05) is 55.5 Å². The van der Waals surface area contributed by atoms with Crippen molar-refractivity contribution in [1.82, 2.24) is 4.57 Å². The van der Waals surface area contributed by atoms with Crippen molar-refractivity contribution < 1.29 is 42.7 Å². The molecule has 0 atom stereocenters. The zero-order chi connectivity index (χ0) is 34.5. The fraction of sp³-hybridized carbons (Fsp3) is 0.222. The Bertz CT molecular complexity index is 2010. The monoisotopic (exact) mass is 656 g/mol. The SMILES string of the molecule is COC(=O)c1c(-c2cc(OC)c(OC)c(OC)c2)c2cc(OC)c(OCc3cc(OC)ccc3OC)cc2c(=O)n1-c1ccc(N)cc1. The maximum absolute atomic E-state index is 14.5. The van der Waals surface area contributed by atoms with E-state index in [0.717, 1.165) is 0 Å². The molecule has 5 aromatic rings. The zero-order valence-corrected chi connectivity index (χ0v) is 27.7. The molecule has 48 heavy (non-hydrogen) atoms. The maximum Gasteiger partial charge on any atom is 0.355 e. The number of carbonyl (C=O) groups excluding carboxylic acids is 1. The predicted octanol–water partition coefficient (Wildman–Crippen LogP) is 5.66. The summed E-state index contributed by atoms with van der Waals surface area (Å²) >= 11 is 0. The van der Waals surface area contributed by atoms with Crippen LogP contribution < -0.4 is 44.5 Å². The number of pyridine rings is 1.